The zero-order chi connectivity index (χ0) is 18.5. The van der Waals surface area contributed by atoms with E-state index in [0.717, 1.165) is 17.4 Å². The fourth-order valence-corrected chi connectivity index (χ4v) is 2.63. The monoisotopic (exact) mass is 352 g/mol. The molecule has 0 bridgehead atoms. The van der Waals surface area contributed by atoms with Gasteiger partial charge in [0.15, 0.2) is 6.10 Å². The Hall–Kier alpha value is -3.08. The van der Waals surface area contributed by atoms with Gasteiger partial charge in [-0.25, -0.2) is 9.59 Å². The number of hydrogen-bond donors (Lipinski definition) is 0. The molecule has 0 saturated carbocycles. The predicted molar refractivity (Wildman–Crippen MR) is 98.2 cm³/mol. The Morgan fingerprint density at radius 1 is 1.12 bits per heavy atom. The van der Waals surface area contributed by atoms with E-state index in [0.29, 0.717) is 16.9 Å². The number of ether oxygens (including phenoxy) is 2. The number of fused-ring (bicyclic) bond motifs is 1. The maximum atomic E-state index is 12.2. The number of aryl methyl sites for hydroxylation is 1. The van der Waals surface area contributed by atoms with Gasteiger partial charge in [0.2, 0.25) is 0 Å². The molecule has 5 nitrogen and oxygen atoms in total. The average Bonchev–Trinajstić information content (AvgIpc) is 2.65. The number of para-hydroxylation sites is 1. The number of esters is 1. The maximum absolute atomic E-state index is 12.2. The summed E-state index contributed by atoms with van der Waals surface area (Å²) in [6.45, 7) is 3.63. The van der Waals surface area contributed by atoms with Crippen LogP contribution in [0.3, 0.4) is 0 Å². The van der Waals surface area contributed by atoms with Crippen molar-refractivity contribution in [1.82, 2.24) is 0 Å². The van der Waals surface area contributed by atoms with Crippen molar-refractivity contribution in [3.8, 4) is 5.75 Å². The highest BCUT2D eigenvalue weighted by molar-refractivity contribution is 5.81. The normalized spacial score (nSPS) is 11.9. The summed E-state index contributed by atoms with van der Waals surface area (Å²) in [5.41, 5.74) is 1.71. The number of carbonyl (C=O) groups excluding carboxylic acids is 1. The van der Waals surface area contributed by atoms with Gasteiger partial charge in [0, 0.05) is 17.0 Å². The standard InChI is InChI=1S/C21H20O5/c1-3-15-9-10-18-16(12-20(22)26-19(18)11-15)13-24-21(23)14(2)25-17-7-5-4-6-8-17/h4-12,14H,3,13H2,1-2H3/t14-/m0/s1. The van der Waals surface area contributed by atoms with E-state index < -0.39 is 17.7 Å². The Morgan fingerprint density at radius 3 is 2.62 bits per heavy atom. The summed E-state index contributed by atoms with van der Waals surface area (Å²) in [4.78, 5) is 24.0. The van der Waals surface area contributed by atoms with E-state index in [-0.39, 0.29) is 6.61 Å². The summed E-state index contributed by atoms with van der Waals surface area (Å²) < 4.78 is 16.1. The second kappa shape index (κ2) is 7.87. The first-order valence-electron chi connectivity index (χ1n) is 8.51. The van der Waals surface area contributed by atoms with Gasteiger partial charge in [-0.15, -0.1) is 0 Å². The summed E-state index contributed by atoms with van der Waals surface area (Å²) in [6, 6.07) is 16.1. The Balaban J connectivity index is 1.72. The highest BCUT2D eigenvalue weighted by Gasteiger charge is 2.17. The lowest BCUT2D eigenvalue weighted by atomic mass is 10.1. The van der Waals surface area contributed by atoms with Gasteiger partial charge in [0.25, 0.3) is 0 Å². The van der Waals surface area contributed by atoms with Crippen LogP contribution >= 0.6 is 0 Å². The first-order valence-corrected chi connectivity index (χ1v) is 8.51. The molecule has 0 unspecified atom stereocenters. The molecule has 26 heavy (non-hydrogen) atoms. The average molecular weight is 352 g/mol. The summed E-state index contributed by atoms with van der Waals surface area (Å²) in [5.74, 6) is 0.0928. The smallest absolute Gasteiger partial charge is 0.347 e. The van der Waals surface area contributed by atoms with E-state index in [9.17, 15) is 9.59 Å². The second-order valence-corrected chi connectivity index (χ2v) is 5.96. The van der Waals surface area contributed by atoms with Crippen LogP contribution in [-0.4, -0.2) is 12.1 Å². The highest BCUT2D eigenvalue weighted by atomic mass is 16.6. The topological polar surface area (TPSA) is 65.7 Å². The molecule has 0 saturated heterocycles. The van der Waals surface area contributed by atoms with Crippen molar-refractivity contribution in [2.24, 2.45) is 0 Å². The van der Waals surface area contributed by atoms with E-state index in [2.05, 4.69) is 0 Å². The molecule has 0 aliphatic rings. The van der Waals surface area contributed by atoms with Crippen LogP contribution in [0.5, 0.6) is 5.75 Å². The number of carbonyl (C=O) groups is 1. The molecule has 0 aliphatic carbocycles. The second-order valence-electron chi connectivity index (χ2n) is 5.96. The maximum Gasteiger partial charge on any atom is 0.347 e. The van der Waals surface area contributed by atoms with Gasteiger partial charge >= 0.3 is 11.6 Å². The third-order valence-electron chi connectivity index (χ3n) is 4.06. The van der Waals surface area contributed by atoms with Crippen LogP contribution in [-0.2, 0) is 22.6 Å². The van der Waals surface area contributed by atoms with E-state index in [1.807, 2.05) is 43.3 Å². The van der Waals surface area contributed by atoms with E-state index in [1.54, 1.807) is 19.1 Å². The van der Waals surface area contributed by atoms with Gasteiger partial charge in [-0.2, -0.15) is 0 Å². The van der Waals surface area contributed by atoms with Crippen molar-refractivity contribution < 1.29 is 18.7 Å². The minimum Gasteiger partial charge on any atom is -0.479 e. The SMILES string of the molecule is CCc1ccc2c(COC(=O)[C@H](C)Oc3ccccc3)cc(=O)oc2c1. The lowest BCUT2D eigenvalue weighted by molar-refractivity contribution is -0.152. The van der Waals surface area contributed by atoms with Crippen LogP contribution in [0, 0.1) is 0 Å². The minimum atomic E-state index is -0.754. The molecule has 2 aromatic carbocycles. The summed E-state index contributed by atoms with van der Waals surface area (Å²) in [6.07, 6.45) is 0.0863. The Labute approximate surface area is 151 Å². The Kier molecular flexibility index (Phi) is 5.37. The van der Waals surface area contributed by atoms with Crippen molar-refractivity contribution in [2.75, 3.05) is 0 Å². The Morgan fingerprint density at radius 2 is 1.88 bits per heavy atom. The molecule has 0 radical (unpaired) electrons. The van der Waals surface area contributed by atoms with Crippen LogP contribution in [0.25, 0.3) is 11.0 Å². The van der Waals surface area contributed by atoms with Crippen molar-refractivity contribution in [3.63, 3.8) is 0 Å². The fraction of sp³-hybridized carbons (Fsp3) is 0.238. The van der Waals surface area contributed by atoms with Gasteiger partial charge in [-0.05, 0) is 37.1 Å². The van der Waals surface area contributed by atoms with Gasteiger partial charge in [0.1, 0.15) is 17.9 Å². The van der Waals surface area contributed by atoms with Gasteiger partial charge < -0.3 is 13.9 Å². The van der Waals surface area contributed by atoms with Crippen molar-refractivity contribution in [2.45, 2.75) is 33.0 Å². The van der Waals surface area contributed by atoms with Crippen LogP contribution in [0.15, 0.2) is 63.8 Å². The van der Waals surface area contributed by atoms with Gasteiger partial charge in [0.05, 0.1) is 0 Å². The third-order valence-corrected chi connectivity index (χ3v) is 4.06. The van der Waals surface area contributed by atoms with E-state index in [4.69, 9.17) is 13.9 Å². The molecular formula is C21H20O5. The fourth-order valence-electron chi connectivity index (χ4n) is 2.63. The molecule has 0 aliphatic heterocycles. The van der Waals surface area contributed by atoms with Crippen LogP contribution in [0.2, 0.25) is 0 Å². The van der Waals surface area contributed by atoms with Crippen molar-refractivity contribution >= 4 is 16.9 Å². The van der Waals surface area contributed by atoms with Gasteiger partial charge in [-0.1, -0.05) is 37.3 Å². The molecule has 0 fully saturated rings. The van der Waals surface area contributed by atoms with Crippen LogP contribution < -0.4 is 10.4 Å². The number of benzene rings is 2. The minimum absolute atomic E-state index is 0.0190. The lowest BCUT2D eigenvalue weighted by Gasteiger charge is -2.14. The summed E-state index contributed by atoms with van der Waals surface area (Å²) in [7, 11) is 0. The lowest BCUT2D eigenvalue weighted by Crippen LogP contribution is -2.26. The van der Waals surface area contributed by atoms with Crippen molar-refractivity contribution in [1.29, 1.82) is 0 Å². The molecule has 1 heterocycles. The predicted octanol–water partition coefficient (Wildman–Crippen LogP) is 3.87. The largest absolute Gasteiger partial charge is 0.479 e. The molecule has 134 valence electrons. The molecule has 0 amide bonds. The zero-order valence-corrected chi connectivity index (χ0v) is 14.7. The third kappa shape index (κ3) is 4.11. The van der Waals surface area contributed by atoms with Gasteiger partial charge in [-0.3, -0.25) is 0 Å². The van der Waals surface area contributed by atoms with Crippen LogP contribution in [0.4, 0.5) is 0 Å². The van der Waals surface area contributed by atoms with E-state index in [1.165, 1.54) is 6.07 Å². The molecule has 0 N–H and O–H groups in total. The highest BCUT2D eigenvalue weighted by Crippen LogP contribution is 2.20. The quantitative estimate of drug-likeness (QED) is 0.498. The zero-order valence-electron chi connectivity index (χ0n) is 14.7. The van der Waals surface area contributed by atoms with E-state index >= 15 is 0 Å². The molecular weight excluding hydrogens is 332 g/mol. The molecule has 5 heteroatoms. The first-order chi connectivity index (χ1) is 12.6. The van der Waals surface area contributed by atoms with Crippen LogP contribution in [0.1, 0.15) is 25.0 Å². The molecule has 1 atom stereocenters. The first kappa shape index (κ1) is 17.7. The number of rotatable bonds is 6. The Bertz CT molecular complexity index is 959. The summed E-state index contributed by atoms with van der Waals surface area (Å²) >= 11 is 0. The number of hydrogen-bond acceptors (Lipinski definition) is 5. The summed E-state index contributed by atoms with van der Waals surface area (Å²) in [5, 5.41) is 0.756. The molecule has 0 spiro atoms. The molecule has 3 rings (SSSR count). The molecule has 3 aromatic rings. The molecule has 1 aromatic heterocycles. The van der Waals surface area contributed by atoms with Crippen molar-refractivity contribution in [3.05, 3.63) is 76.1 Å².